The van der Waals surface area contributed by atoms with Gasteiger partial charge >= 0.3 is 5.97 Å². The number of halogens is 2. The Morgan fingerprint density at radius 3 is 2.40 bits per heavy atom. The molecule has 0 spiro atoms. The molecule has 20 heavy (non-hydrogen) atoms. The van der Waals surface area contributed by atoms with Crippen LogP contribution in [0.25, 0.3) is 0 Å². The number of nitrogen functional groups attached to an aromatic ring is 2. The summed E-state index contributed by atoms with van der Waals surface area (Å²) in [5, 5.41) is -0.0215. The van der Waals surface area contributed by atoms with Crippen LogP contribution in [0.2, 0.25) is 5.02 Å². The third kappa shape index (κ3) is 3.39. The van der Waals surface area contributed by atoms with E-state index >= 15 is 0 Å². The highest BCUT2D eigenvalue weighted by atomic mass is 35.5. The summed E-state index contributed by atoms with van der Waals surface area (Å²) in [6.07, 6.45) is 0. The van der Waals surface area contributed by atoms with Gasteiger partial charge in [0, 0.05) is 11.4 Å². The van der Waals surface area contributed by atoms with Crippen molar-refractivity contribution in [2.24, 2.45) is 0 Å². The minimum atomic E-state index is -0.565. The Balaban J connectivity index is 2.06. The second-order valence-electron chi connectivity index (χ2n) is 4.21. The molecular weight excluding hydrogens is 283 g/mol. The molecule has 2 rings (SSSR count). The van der Waals surface area contributed by atoms with E-state index in [1.807, 2.05) is 0 Å². The Hall–Kier alpha value is -2.27. The van der Waals surface area contributed by atoms with Gasteiger partial charge in [0.2, 0.25) is 0 Å². The number of hydrogen-bond donors (Lipinski definition) is 2. The fourth-order valence-electron chi connectivity index (χ4n) is 1.66. The first-order valence-electron chi connectivity index (χ1n) is 5.73. The van der Waals surface area contributed by atoms with Gasteiger partial charge in [-0.25, -0.2) is 9.18 Å². The summed E-state index contributed by atoms with van der Waals surface area (Å²) in [7, 11) is 0. The van der Waals surface area contributed by atoms with Crippen LogP contribution in [-0.2, 0) is 11.3 Å². The summed E-state index contributed by atoms with van der Waals surface area (Å²) in [6, 6.07) is 8.58. The van der Waals surface area contributed by atoms with Crippen molar-refractivity contribution in [2.75, 3.05) is 11.5 Å². The van der Waals surface area contributed by atoms with E-state index in [9.17, 15) is 9.18 Å². The van der Waals surface area contributed by atoms with E-state index in [1.54, 1.807) is 0 Å². The van der Waals surface area contributed by atoms with Gasteiger partial charge in [-0.15, -0.1) is 0 Å². The molecule has 4 nitrogen and oxygen atoms in total. The molecule has 0 aliphatic rings. The molecule has 0 radical (unpaired) electrons. The van der Waals surface area contributed by atoms with Crippen molar-refractivity contribution >= 4 is 28.9 Å². The van der Waals surface area contributed by atoms with Gasteiger partial charge in [-0.2, -0.15) is 0 Å². The van der Waals surface area contributed by atoms with E-state index in [1.165, 1.54) is 36.4 Å². The fourth-order valence-corrected chi connectivity index (χ4v) is 1.86. The highest BCUT2D eigenvalue weighted by molar-refractivity contribution is 6.30. The van der Waals surface area contributed by atoms with Crippen LogP contribution in [0.1, 0.15) is 15.9 Å². The van der Waals surface area contributed by atoms with Crippen molar-refractivity contribution in [1.29, 1.82) is 0 Å². The molecule has 0 atom stereocenters. The molecule has 0 fully saturated rings. The summed E-state index contributed by atoms with van der Waals surface area (Å²) in [5.41, 5.74) is 12.8. The lowest BCUT2D eigenvalue weighted by Crippen LogP contribution is -2.07. The first-order chi connectivity index (χ1) is 9.45. The van der Waals surface area contributed by atoms with Crippen LogP contribution in [0.5, 0.6) is 0 Å². The normalized spacial score (nSPS) is 10.3. The number of ether oxygens (including phenoxy) is 1. The quantitative estimate of drug-likeness (QED) is 0.674. The van der Waals surface area contributed by atoms with Gasteiger partial charge in [-0.05, 0) is 35.9 Å². The van der Waals surface area contributed by atoms with E-state index in [0.717, 1.165) is 0 Å². The van der Waals surface area contributed by atoms with Gasteiger partial charge in [0.25, 0.3) is 0 Å². The summed E-state index contributed by atoms with van der Waals surface area (Å²) in [6.45, 7) is -0.0203. The number of esters is 1. The SMILES string of the molecule is Nc1cc(N)cc(C(=O)OCc2ccc(F)c(Cl)c2)c1. The van der Waals surface area contributed by atoms with Crippen LogP contribution < -0.4 is 11.5 Å². The Morgan fingerprint density at radius 2 is 1.80 bits per heavy atom. The highest BCUT2D eigenvalue weighted by Crippen LogP contribution is 2.18. The molecule has 0 unspecified atom stereocenters. The Morgan fingerprint density at radius 1 is 1.15 bits per heavy atom. The number of nitrogens with two attached hydrogens (primary N) is 2. The molecule has 0 bridgehead atoms. The van der Waals surface area contributed by atoms with Crippen LogP contribution in [0, 0.1) is 5.82 Å². The highest BCUT2D eigenvalue weighted by Gasteiger charge is 2.10. The summed E-state index contributed by atoms with van der Waals surface area (Å²) >= 11 is 5.64. The van der Waals surface area contributed by atoms with Gasteiger partial charge in [0.1, 0.15) is 12.4 Å². The zero-order valence-corrected chi connectivity index (χ0v) is 11.2. The van der Waals surface area contributed by atoms with Crippen molar-refractivity contribution in [3.05, 3.63) is 58.4 Å². The molecule has 4 N–H and O–H groups in total. The van der Waals surface area contributed by atoms with Crippen molar-refractivity contribution < 1.29 is 13.9 Å². The van der Waals surface area contributed by atoms with Crippen LogP contribution in [-0.4, -0.2) is 5.97 Å². The molecule has 6 heteroatoms. The largest absolute Gasteiger partial charge is 0.457 e. The third-order valence-electron chi connectivity index (χ3n) is 2.57. The molecular formula is C14H12ClFN2O2. The van der Waals surface area contributed by atoms with Gasteiger partial charge in [-0.3, -0.25) is 0 Å². The minimum absolute atomic E-state index is 0.0203. The van der Waals surface area contributed by atoms with Crippen LogP contribution in [0.4, 0.5) is 15.8 Å². The number of benzene rings is 2. The zero-order chi connectivity index (χ0) is 14.7. The Labute approximate surface area is 120 Å². The second kappa shape index (κ2) is 5.79. The number of carbonyl (C=O) groups is 1. The van der Waals surface area contributed by atoms with Gasteiger partial charge in [-0.1, -0.05) is 17.7 Å². The Bertz CT molecular complexity index is 641. The molecule has 0 saturated carbocycles. The number of rotatable bonds is 3. The van der Waals surface area contributed by atoms with E-state index in [-0.39, 0.29) is 17.2 Å². The van der Waals surface area contributed by atoms with Crippen molar-refractivity contribution in [3.63, 3.8) is 0 Å². The third-order valence-corrected chi connectivity index (χ3v) is 2.86. The molecule has 0 aliphatic carbocycles. The smallest absolute Gasteiger partial charge is 0.338 e. The van der Waals surface area contributed by atoms with E-state index in [4.69, 9.17) is 27.8 Å². The van der Waals surface area contributed by atoms with Crippen LogP contribution in [0.3, 0.4) is 0 Å². The maximum Gasteiger partial charge on any atom is 0.338 e. The lowest BCUT2D eigenvalue weighted by Gasteiger charge is -2.07. The summed E-state index contributed by atoms with van der Waals surface area (Å²) in [4.78, 5) is 11.8. The van der Waals surface area contributed by atoms with Crippen molar-refractivity contribution in [1.82, 2.24) is 0 Å². The molecule has 2 aromatic carbocycles. The second-order valence-corrected chi connectivity index (χ2v) is 4.62. The van der Waals surface area contributed by atoms with E-state index in [2.05, 4.69) is 0 Å². The summed E-state index contributed by atoms with van der Waals surface area (Å²) < 4.78 is 18.1. The average Bonchev–Trinajstić information content (AvgIpc) is 2.38. The lowest BCUT2D eigenvalue weighted by atomic mass is 10.2. The first-order valence-corrected chi connectivity index (χ1v) is 6.10. The van der Waals surface area contributed by atoms with E-state index in [0.29, 0.717) is 16.9 Å². The van der Waals surface area contributed by atoms with Crippen LogP contribution in [0.15, 0.2) is 36.4 Å². The molecule has 104 valence electrons. The van der Waals surface area contributed by atoms with Crippen molar-refractivity contribution in [3.8, 4) is 0 Å². The number of anilines is 2. The van der Waals surface area contributed by atoms with Gasteiger partial charge in [0.05, 0.1) is 10.6 Å². The average molecular weight is 295 g/mol. The molecule has 2 aromatic rings. The van der Waals surface area contributed by atoms with Crippen LogP contribution >= 0.6 is 11.6 Å². The monoisotopic (exact) mass is 294 g/mol. The van der Waals surface area contributed by atoms with Gasteiger partial charge < -0.3 is 16.2 Å². The maximum atomic E-state index is 13.0. The van der Waals surface area contributed by atoms with Crippen molar-refractivity contribution in [2.45, 2.75) is 6.61 Å². The fraction of sp³-hybridized carbons (Fsp3) is 0.0714. The first kappa shape index (κ1) is 14.1. The molecule has 0 saturated heterocycles. The predicted molar refractivity (Wildman–Crippen MR) is 75.8 cm³/mol. The number of carbonyl (C=O) groups excluding carboxylic acids is 1. The standard InChI is InChI=1S/C14H12ClFN2O2/c15-12-3-8(1-2-13(12)16)7-20-14(19)9-4-10(17)6-11(18)5-9/h1-6H,7,17-18H2. The molecule has 0 aliphatic heterocycles. The predicted octanol–water partition coefficient (Wildman–Crippen LogP) is 3.00. The van der Waals surface area contributed by atoms with Gasteiger partial charge in [0.15, 0.2) is 0 Å². The summed E-state index contributed by atoms with van der Waals surface area (Å²) in [5.74, 6) is -1.09. The topological polar surface area (TPSA) is 78.3 Å². The van der Waals surface area contributed by atoms with E-state index < -0.39 is 11.8 Å². The minimum Gasteiger partial charge on any atom is -0.457 e. The molecule has 0 aromatic heterocycles. The number of hydrogen-bond acceptors (Lipinski definition) is 4. The maximum absolute atomic E-state index is 13.0. The Kier molecular flexibility index (Phi) is 4.10. The zero-order valence-electron chi connectivity index (χ0n) is 10.4. The molecule has 0 heterocycles. The molecule has 0 amide bonds. The lowest BCUT2D eigenvalue weighted by molar-refractivity contribution is 0.0473.